The van der Waals surface area contributed by atoms with Gasteiger partial charge in [-0.1, -0.05) is 48.9 Å². The Kier molecular flexibility index (Phi) is 8.53. The van der Waals surface area contributed by atoms with Gasteiger partial charge in [0, 0.05) is 16.6 Å². The highest BCUT2D eigenvalue weighted by Gasteiger charge is 2.20. The van der Waals surface area contributed by atoms with Gasteiger partial charge in [-0.15, -0.1) is 0 Å². The fourth-order valence-electron chi connectivity index (χ4n) is 3.35. The maximum atomic E-state index is 12.9. The van der Waals surface area contributed by atoms with Crippen LogP contribution in [0.1, 0.15) is 46.5 Å². The van der Waals surface area contributed by atoms with E-state index >= 15 is 0 Å². The van der Waals surface area contributed by atoms with E-state index in [0.29, 0.717) is 33.1 Å². The molecule has 3 aromatic carbocycles. The van der Waals surface area contributed by atoms with Crippen LogP contribution in [-0.4, -0.2) is 32.5 Å². The lowest BCUT2D eigenvalue weighted by Gasteiger charge is -2.23. The van der Waals surface area contributed by atoms with Crippen LogP contribution in [0.4, 0.5) is 11.4 Å². The number of anilines is 2. The molecule has 2 N–H and O–H groups in total. The zero-order chi connectivity index (χ0) is 25.6. The zero-order valence-corrected chi connectivity index (χ0v) is 21.4. The molecular formula is C26H28ClN3O4S. The molecule has 0 bridgehead atoms. The largest absolute Gasteiger partial charge is 0.350 e. The average Bonchev–Trinajstić information content (AvgIpc) is 2.83. The number of para-hydroxylation sites is 1. The van der Waals surface area contributed by atoms with Gasteiger partial charge >= 0.3 is 0 Å². The van der Waals surface area contributed by atoms with Crippen molar-refractivity contribution in [3.8, 4) is 0 Å². The normalized spacial score (nSPS) is 12.0. The van der Waals surface area contributed by atoms with Crippen LogP contribution in [0.15, 0.2) is 72.8 Å². The molecule has 7 nitrogen and oxygen atoms in total. The molecule has 0 spiro atoms. The first-order chi connectivity index (χ1) is 16.6. The number of hydrogen-bond donors (Lipinski definition) is 2. The van der Waals surface area contributed by atoms with Crippen LogP contribution in [0.25, 0.3) is 0 Å². The molecule has 3 aromatic rings. The molecule has 0 aliphatic carbocycles. The second-order valence-electron chi connectivity index (χ2n) is 8.19. The van der Waals surface area contributed by atoms with Crippen molar-refractivity contribution >= 4 is 44.8 Å². The summed E-state index contributed by atoms with van der Waals surface area (Å²) in [5.41, 5.74) is 2.13. The number of nitrogens with zero attached hydrogens (tertiary/aromatic N) is 1. The number of carbonyl (C=O) groups excluding carboxylic acids is 2. The zero-order valence-electron chi connectivity index (χ0n) is 19.8. The van der Waals surface area contributed by atoms with Crippen molar-refractivity contribution in [3.05, 3.63) is 94.5 Å². The quantitative estimate of drug-likeness (QED) is 0.416. The third-order valence-electron chi connectivity index (χ3n) is 5.50. The number of sulfonamides is 1. The van der Waals surface area contributed by atoms with Crippen molar-refractivity contribution in [3.63, 3.8) is 0 Å². The summed E-state index contributed by atoms with van der Waals surface area (Å²) in [5, 5.41) is 6.14. The molecule has 184 valence electrons. The number of nitrogens with one attached hydrogen (secondary N) is 2. The van der Waals surface area contributed by atoms with E-state index in [1.165, 1.54) is 16.4 Å². The molecule has 3 rings (SSSR count). The number of hydrogen-bond acceptors (Lipinski definition) is 4. The van der Waals surface area contributed by atoms with E-state index in [0.717, 1.165) is 12.7 Å². The van der Waals surface area contributed by atoms with Crippen molar-refractivity contribution in [2.45, 2.75) is 32.9 Å². The van der Waals surface area contributed by atoms with Crippen LogP contribution >= 0.6 is 11.6 Å². The Labute approximate surface area is 211 Å². The molecule has 0 aliphatic heterocycles. The van der Waals surface area contributed by atoms with Crippen LogP contribution < -0.4 is 14.9 Å². The lowest BCUT2D eigenvalue weighted by Crippen LogP contribution is -2.32. The van der Waals surface area contributed by atoms with Crippen molar-refractivity contribution in [2.24, 2.45) is 0 Å². The number of benzene rings is 3. The van der Waals surface area contributed by atoms with Crippen LogP contribution in [0, 0.1) is 0 Å². The smallest absolute Gasteiger partial charge is 0.255 e. The van der Waals surface area contributed by atoms with Crippen LogP contribution in [-0.2, 0) is 16.6 Å². The highest BCUT2D eigenvalue weighted by atomic mass is 35.5. The number of carbonyl (C=O) groups is 2. The second-order valence-corrected chi connectivity index (χ2v) is 10.5. The van der Waals surface area contributed by atoms with Gasteiger partial charge in [0.05, 0.1) is 29.7 Å². The number of halogens is 1. The van der Waals surface area contributed by atoms with Crippen molar-refractivity contribution in [1.29, 1.82) is 0 Å². The third kappa shape index (κ3) is 6.83. The van der Waals surface area contributed by atoms with Gasteiger partial charge in [-0.2, -0.15) is 0 Å². The lowest BCUT2D eigenvalue weighted by atomic mass is 10.1. The Morgan fingerprint density at radius 3 is 2.20 bits per heavy atom. The van der Waals surface area contributed by atoms with Gasteiger partial charge in [0.15, 0.2) is 0 Å². The number of rotatable bonds is 9. The first-order valence-electron chi connectivity index (χ1n) is 11.1. The Morgan fingerprint density at radius 2 is 1.57 bits per heavy atom. The predicted molar refractivity (Wildman–Crippen MR) is 141 cm³/mol. The Morgan fingerprint density at radius 1 is 0.943 bits per heavy atom. The van der Waals surface area contributed by atoms with E-state index < -0.39 is 15.9 Å². The lowest BCUT2D eigenvalue weighted by molar-refractivity contribution is 0.0940. The predicted octanol–water partition coefficient (Wildman–Crippen LogP) is 5.09. The molecule has 2 amide bonds. The summed E-state index contributed by atoms with van der Waals surface area (Å²) >= 11 is 6.22. The molecule has 0 fully saturated rings. The van der Waals surface area contributed by atoms with E-state index in [2.05, 4.69) is 10.6 Å². The first-order valence-corrected chi connectivity index (χ1v) is 13.3. The van der Waals surface area contributed by atoms with Gasteiger partial charge in [0.1, 0.15) is 0 Å². The summed E-state index contributed by atoms with van der Waals surface area (Å²) in [6.45, 7) is 3.94. The topological polar surface area (TPSA) is 95.6 Å². The van der Waals surface area contributed by atoms with Gasteiger partial charge in [-0.3, -0.25) is 13.9 Å². The van der Waals surface area contributed by atoms with E-state index in [1.807, 2.05) is 13.8 Å². The maximum Gasteiger partial charge on any atom is 0.255 e. The highest BCUT2D eigenvalue weighted by Crippen LogP contribution is 2.25. The molecular weight excluding hydrogens is 486 g/mol. The van der Waals surface area contributed by atoms with E-state index in [4.69, 9.17) is 11.6 Å². The Balaban J connectivity index is 1.80. The molecule has 0 radical (unpaired) electrons. The van der Waals surface area contributed by atoms with Crippen LogP contribution in [0.3, 0.4) is 0 Å². The highest BCUT2D eigenvalue weighted by molar-refractivity contribution is 7.92. The Hall–Kier alpha value is -3.36. The summed E-state index contributed by atoms with van der Waals surface area (Å²) < 4.78 is 26.2. The first kappa shape index (κ1) is 26.2. The summed E-state index contributed by atoms with van der Waals surface area (Å²) in [7, 11) is -3.61. The minimum atomic E-state index is -3.61. The van der Waals surface area contributed by atoms with Crippen molar-refractivity contribution in [2.75, 3.05) is 15.9 Å². The third-order valence-corrected chi connectivity index (χ3v) is 7.01. The fraction of sp³-hybridized carbons (Fsp3) is 0.231. The van der Waals surface area contributed by atoms with Crippen LogP contribution in [0.5, 0.6) is 0 Å². The molecule has 35 heavy (non-hydrogen) atoms. The Bertz CT molecular complexity index is 1310. The van der Waals surface area contributed by atoms with Gasteiger partial charge in [-0.25, -0.2) is 8.42 Å². The summed E-state index contributed by atoms with van der Waals surface area (Å²) in [6.07, 6.45) is 1.90. The van der Waals surface area contributed by atoms with Crippen molar-refractivity contribution < 1.29 is 18.0 Å². The number of amides is 2. The van der Waals surface area contributed by atoms with Gasteiger partial charge in [0.25, 0.3) is 11.8 Å². The van der Waals surface area contributed by atoms with E-state index in [9.17, 15) is 18.0 Å². The standard InChI is InChI=1S/C26H28ClN3O4S/c1-4-18(2)28-26(32)22-10-6-8-12-24(22)29-25(31)19-13-15-21(16-14-19)30(35(3,33)34)17-20-9-5-7-11-23(20)27/h5-16,18H,4,17H2,1-3H3,(H,28,32)(H,29,31). The minimum Gasteiger partial charge on any atom is -0.350 e. The van der Waals surface area contributed by atoms with E-state index in [1.54, 1.807) is 60.7 Å². The van der Waals surface area contributed by atoms with Gasteiger partial charge in [-0.05, 0) is 61.4 Å². The molecule has 9 heteroatoms. The molecule has 0 saturated heterocycles. The van der Waals surface area contributed by atoms with Gasteiger partial charge < -0.3 is 10.6 Å². The molecule has 0 saturated carbocycles. The minimum absolute atomic E-state index is 0.00218. The summed E-state index contributed by atoms with van der Waals surface area (Å²) in [4.78, 5) is 25.5. The van der Waals surface area contributed by atoms with Gasteiger partial charge in [0.2, 0.25) is 10.0 Å². The molecule has 1 unspecified atom stereocenters. The fourth-order valence-corrected chi connectivity index (χ4v) is 4.42. The molecule has 1 atom stereocenters. The average molecular weight is 514 g/mol. The second kappa shape index (κ2) is 11.4. The maximum absolute atomic E-state index is 12.9. The van der Waals surface area contributed by atoms with E-state index in [-0.39, 0.29) is 18.5 Å². The van der Waals surface area contributed by atoms with Crippen molar-refractivity contribution in [1.82, 2.24) is 5.32 Å². The summed E-state index contributed by atoms with van der Waals surface area (Å²) in [6, 6.07) is 20.0. The molecule has 0 heterocycles. The molecule has 0 aliphatic rings. The SMILES string of the molecule is CCC(C)NC(=O)c1ccccc1NC(=O)c1ccc(N(Cc2ccccc2Cl)S(C)(=O)=O)cc1. The summed E-state index contributed by atoms with van der Waals surface area (Å²) in [5.74, 6) is -0.689. The monoisotopic (exact) mass is 513 g/mol. The van der Waals surface area contributed by atoms with Crippen LogP contribution in [0.2, 0.25) is 5.02 Å². The molecule has 0 aromatic heterocycles.